The molecule has 0 aliphatic rings. The molecule has 0 atom stereocenters. The molecule has 0 bridgehead atoms. The molecule has 1 aromatic rings. The van der Waals surface area contributed by atoms with E-state index in [0.717, 1.165) is 0 Å². The van der Waals surface area contributed by atoms with Gasteiger partial charge in [-0.3, -0.25) is 9.59 Å². The second-order valence-electron chi connectivity index (χ2n) is 6.37. The summed E-state index contributed by atoms with van der Waals surface area (Å²) in [6, 6.07) is 7.20. The summed E-state index contributed by atoms with van der Waals surface area (Å²) in [6.45, 7) is 10.2. The maximum atomic E-state index is 12.3. The molecule has 0 heterocycles. The van der Waals surface area contributed by atoms with Crippen LogP contribution < -0.4 is 14.8 Å². The molecule has 0 unspecified atom stereocenters. The fourth-order valence-electron chi connectivity index (χ4n) is 2.08. The monoisotopic (exact) mass is 336 g/mol. The van der Waals surface area contributed by atoms with E-state index >= 15 is 0 Å². The van der Waals surface area contributed by atoms with Crippen molar-refractivity contribution < 1.29 is 19.1 Å². The molecule has 2 amide bonds. The molecule has 0 aliphatic heterocycles. The van der Waals surface area contributed by atoms with Gasteiger partial charge in [0.05, 0.1) is 13.2 Å². The number of carbonyl (C=O) groups excluding carboxylic acids is 2. The van der Waals surface area contributed by atoms with Crippen molar-refractivity contribution in [1.29, 1.82) is 0 Å². The van der Waals surface area contributed by atoms with Crippen molar-refractivity contribution in [3.05, 3.63) is 24.3 Å². The lowest BCUT2D eigenvalue weighted by atomic mass is 10.1. The number of para-hydroxylation sites is 2. The number of ether oxygens (including phenoxy) is 2. The van der Waals surface area contributed by atoms with Crippen LogP contribution in [0.4, 0.5) is 0 Å². The Morgan fingerprint density at radius 3 is 2.17 bits per heavy atom. The van der Waals surface area contributed by atoms with Gasteiger partial charge in [-0.15, -0.1) is 0 Å². The molecule has 6 heteroatoms. The summed E-state index contributed by atoms with van der Waals surface area (Å²) in [5, 5.41) is 2.84. The van der Waals surface area contributed by atoms with Gasteiger partial charge in [-0.1, -0.05) is 12.1 Å². The van der Waals surface area contributed by atoms with Gasteiger partial charge >= 0.3 is 0 Å². The van der Waals surface area contributed by atoms with Crippen molar-refractivity contribution in [1.82, 2.24) is 10.2 Å². The van der Waals surface area contributed by atoms with Gasteiger partial charge < -0.3 is 19.7 Å². The highest BCUT2D eigenvalue weighted by Crippen LogP contribution is 2.26. The first kappa shape index (κ1) is 19.8. The number of rotatable bonds is 8. The lowest BCUT2D eigenvalue weighted by Gasteiger charge is -2.25. The zero-order chi connectivity index (χ0) is 18.2. The number of hydrogen-bond acceptors (Lipinski definition) is 4. The molecule has 1 N–H and O–H groups in total. The zero-order valence-electron chi connectivity index (χ0n) is 15.2. The zero-order valence-corrected chi connectivity index (χ0v) is 15.2. The van der Waals surface area contributed by atoms with E-state index in [1.807, 2.05) is 46.8 Å². The third kappa shape index (κ3) is 6.89. The Kier molecular flexibility index (Phi) is 7.55. The summed E-state index contributed by atoms with van der Waals surface area (Å²) in [5.41, 5.74) is -0.327. The van der Waals surface area contributed by atoms with Gasteiger partial charge in [-0.25, -0.2) is 0 Å². The van der Waals surface area contributed by atoms with Crippen molar-refractivity contribution in [3.63, 3.8) is 0 Å². The van der Waals surface area contributed by atoms with Gasteiger partial charge in [0, 0.05) is 12.1 Å². The maximum Gasteiger partial charge on any atom is 0.260 e. The minimum absolute atomic E-state index is 0.0169. The molecule has 0 fully saturated rings. The maximum absolute atomic E-state index is 12.3. The van der Waals surface area contributed by atoms with Crippen LogP contribution in [-0.4, -0.2) is 48.6 Å². The average Bonchev–Trinajstić information content (AvgIpc) is 2.50. The molecular formula is C18H28N2O4. The third-order valence-corrected chi connectivity index (χ3v) is 3.08. The highest BCUT2D eigenvalue weighted by molar-refractivity contribution is 5.85. The molecule has 0 spiro atoms. The van der Waals surface area contributed by atoms with Crippen LogP contribution in [0.15, 0.2) is 24.3 Å². The van der Waals surface area contributed by atoms with Crippen molar-refractivity contribution in [2.45, 2.75) is 40.2 Å². The summed E-state index contributed by atoms with van der Waals surface area (Å²) in [5.74, 6) is 0.685. The number of amides is 2. The molecule has 6 nitrogen and oxygen atoms in total. The summed E-state index contributed by atoms with van der Waals surface area (Å²) < 4.78 is 11.0. The summed E-state index contributed by atoms with van der Waals surface area (Å²) in [4.78, 5) is 25.7. The smallest absolute Gasteiger partial charge is 0.260 e. The highest BCUT2D eigenvalue weighted by Gasteiger charge is 2.20. The first-order valence-corrected chi connectivity index (χ1v) is 8.20. The number of benzene rings is 1. The fourth-order valence-corrected chi connectivity index (χ4v) is 2.08. The van der Waals surface area contributed by atoms with Crippen LogP contribution in [0.2, 0.25) is 0 Å². The fraction of sp³-hybridized carbons (Fsp3) is 0.556. The topological polar surface area (TPSA) is 67.9 Å². The van der Waals surface area contributed by atoms with E-state index < -0.39 is 0 Å². The van der Waals surface area contributed by atoms with Crippen LogP contribution in [-0.2, 0) is 9.59 Å². The van der Waals surface area contributed by atoms with Crippen molar-refractivity contribution >= 4 is 11.8 Å². The summed E-state index contributed by atoms with van der Waals surface area (Å²) >= 11 is 0. The molecule has 0 radical (unpaired) electrons. The second-order valence-corrected chi connectivity index (χ2v) is 6.37. The molecule has 0 aromatic heterocycles. The van der Waals surface area contributed by atoms with E-state index in [2.05, 4.69) is 5.32 Å². The van der Waals surface area contributed by atoms with Crippen molar-refractivity contribution in [2.75, 3.05) is 26.3 Å². The number of hydrogen-bond donors (Lipinski definition) is 1. The normalized spacial score (nSPS) is 10.9. The summed E-state index contributed by atoms with van der Waals surface area (Å²) in [7, 11) is 0. The van der Waals surface area contributed by atoms with Gasteiger partial charge in [-0.05, 0) is 46.8 Å². The third-order valence-electron chi connectivity index (χ3n) is 3.08. The Balaban J connectivity index is 2.60. The minimum atomic E-state index is -0.327. The molecular weight excluding hydrogens is 308 g/mol. The highest BCUT2D eigenvalue weighted by atomic mass is 16.5. The Hall–Kier alpha value is -2.24. The van der Waals surface area contributed by atoms with E-state index in [1.165, 1.54) is 4.90 Å². The number of nitrogens with one attached hydrogen (secondary N) is 1. The molecule has 0 saturated carbocycles. The Labute approximate surface area is 144 Å². The van der Waals surface area contributed by atoms with Crippen LogP contribution >= 0.6 is 0 Å². The summed E-state index contributed by atoms with van der Waals surface area (Å²) in [6.07, 6.45) is 0. The molecule has 0 aliphatic carbocycles. The quantitative estimate of drug-likeness (QED) is 0.790. The van der Waals surface area contributed by atoms with Gasteiger partial charge in [0.15, 0.2) is 18.1 Å². The molecule has 0 saturated heterocycles. The lowest BCUT2D eigenvalue weighted by molar-refractivity contribution is -0.137. The Morgan fingerprint density at radius 1 is 1.08 bits per heavy atom. The van der Waals surface area contributed by atoms with Crippen LogP contribution in [0.3, 0.4) is 0 Å². The minimum Gasteiger partial charge on any atom is -0.490 e. The lowest BCUT2D eigenvalue weighted by Crippen LogP contribution is -2.48. The predicted molar refractivity (Wildman–Crippen MR) is 93.3 cm³/mol. The Morgan fingerprint density at radius 2 is 1.67 bits per heavy atom. The SMILES string of the molecule is CCOc1ccccc1OCC(=O)N(CC)CC(=O)NC(C)(C)C. The van der Waals surface area contributed by atoms with Gasteiger partial charge in [-0.2, -0.15) is 0 Å². The first-order valence-electron chi connectivity index (χ1n) is 8.20. The van der Waals surface area contributed by atoms with Gasteiger partial charge in [0.1, 0.15) is 0 Å². The van der Waals surface area contributed by atoms with Crippen LogP contribution in [0.5, 0.6) is 11.5 Å². The van der Waals surface area contributed by atoms with E-state index in [9.17, 15) is 9.59 Å². The van der Waals surface area contributed by atoms with E-state index in [1.54, 1.807) is 12.1 Å². The van der Waals surface area contributed by atoms with Crippen LogP contribution in [0.25, 0.3) is 0 Å². The van der Waals surface area contributed by atoms with Crippen LogP contribution in [0, 0.1) is 0 Å². The average molecular weight is 336 g/mol. The molecule has 24 heavy (non-hydrogen) atoms. The molecule has 1 aromatic carbocycles. The largest absolute Gasteiger partial charge is 0.490 e. The number of likely N-dealkylation sites (N-methyl/N-ethyl adjacent to an activating group) is 1. The van der Waals surface area contributed by atoms with Crippen molar-refractivity contribution in [2.24, 2.45) is 0 Å². The standard InChI is InChI=1S/C18H28N2O4/c1-6-20(12-16(21)19-18(3,4)5)17(22)13-24-15-11-9-8-10-14(15)23-7-2/h8-11H,6-7,12-13H2,1-5H3,(H,19,21). The van der Waals surface area contributed by atoms with Crippen LogP contribution in [0.1, 0.15) is 34.6 Å². The first-order chi connectivity index (χ1) is 11.3. The second kappa shape index (κ2) is 9.15. The predicted octanol–water partition coefficient (Wildman–Crippen LogP) is 2.23. The van der Waals surface area contributed by atoms with Crippen molar-refractivity contribution in [3.8, 4) is 11.5 Å². The van der Waals surface area contributed by atoms with Gasteiger partial charge in [0.2, 0.25) is 5.91 Å². The molecule has 134 valence electrons. The molecule has 1 rings (SSSR count). The van der Waals surface area contributed by atoms with E-state index in [-0.39, 0.29) is 30.5 Å². The number of carbonyl (C=O) groups is 2. The number of nitrogens with zero attached hydrogens (tertiary/aromatic N) is 1. The van der Waals surface area contributed by atoms with E-state index in [4.69, 9.17) is 9.47 Å². The van der Waals surface area contributed by atoms with E-state index in [0.29, 0.717) is 24.7 Å². The Bertz CT molecular complexity index is 552. The van der Waals surface area contributed by atoms with Gasteiger partial charge in [0.25, 0.3) is 5.91 Å².